The number of carbonyl (C=O) groups is 1. The molecule has 0 saturated carbocycles. The summed E-state index contributed by atoms with van der Waals surface area (Å²) in [6.45, 7) is 0. The maximum atomic E-state index is 11.6. The van der Waals surface area contributed by atoms with E-state index in [1.54, 1.807) is 48.4 Å². The Balaban J connectivity index is 2.15. The Morgan fingerprint density at radius 3 is 2.80 bits per heavy atom. The van der Waals surface area contributed by atoms with Gasteiger partial charge in [-0.05, 0) is 12.1 Å². The Hall–Kier alpha value is -2.17. The number of imidazole rings is 1. The zero-order valence-electron chi connectivity index (χ0n) is 8.21. The summed E-state index contributed by atoms with van der Waals surface area (Å²) in [6.07, 6.45) is 4.95. The summed E-state index contributed by atoms with van der Waals surface area (Å²) in [5.74, 6) is 0.246. The smallest absolute Gasteiger partial charge is 0.276 e. The van der Waals surface area contributed by atoms with Crippen LogP contribution in [0.4, 0.5) is 5.95 Å². The molecule has 5 heteroatoms. The summed E-state index contributed by atoms with van der Waals surface area (Å²) in [4.78, 5) is 19.6. The summed E-state index contributed by atoms with van der Waals surface area (Å²) in [7, 11) is 1.81. The first kappa shape index (κ1) is 9.39. The molecule has 0 saturated heterocycles. The molecule has 1 N–H and O–H groups in total. The monoisotopic (exact) mass is 202 g/mol. The first-order chi connectivity index (χ1) is 7.27. The van der Waals surface area contributed by atoms with Gasteiger partial charge in [-0.15, -0.1) is 0 Å². The van der Waals surface area contributed by atoms with E-state index in [1.165, 1.54) is 0 Å². The van der Waals surface area contributed by atoms with E-state index in [9.17, 15) is 4.79 Å². The van der Waals surface area contributed by atoms with Gasteiger partial charge in [-0.2, -0.15) is 0 Å². The Labute approximate surface area is 86.8 Å². The van der Waals surface area contributed by atoms with Crippen LogP contribution in [-0.2, 0) is 7.05 Å². The highest BCUT2D eigenvalue weighted by molar-refractivity contribution is 6.01. The zero-order valence-corrected chi connectivity index (χ0v) is 8.21. The van der Waals surface area contributed by atoms with Crippen LogP contribution in [0.25, 0.3) is 0 Å². The molecule has 15 heavy (non-hydrogen) atoms. The molecule has 1 amide bonds. The van der Waals surface area contributed by atoms with E-state index < -0.39 is 0 Å². The molecule has 2 aromatic rings. The van der Waals surface area contributed by atoms with Crippen LogP contribution in [-0.4, -0.2) is 20.4 Å². The number of aryl methyl sites for hydroxylation is 1. The molecular formula is C10H10N4O. The van der Waals surface area contributed by atoms with Crippen molar-refractivity contribution in [3.8, 4) is 0 Å². The van der Waals surface area contributed by atoms with Gasteiger partial charge in [0.05, 0.1) is 0 Å². The van der Waals surface area contributed by atoms with Crippen molar-refractivity contribution < 1.29 is 4.79 Å². The lowest BCUT2D eigenvalue weighted by atomic mass is 10.3. The number of aromatic nitrogens is 3. The van der Waals surface area contributed by atoms with Crippen LogP contribution in [0.15, 0.2) is 36.8 Å². The third kappa shape index (κ3) is 2.01. The number of hydrogen-bond acceptors (Lipinski definition) is 3. The lowest BCUT2D eigenvalue weighted by Crippen LogP contribution is -2.16. The Bertz CT molecular complexity index is 463. The third-order valence-electron chi connectivity index (χ3n) is 1.94. The normalized spacial score (nSPS) is 9.93. The molecule has 5 nitrogen and oxygen atoms in total. The van der Waals surface area contributed by atoms with Crippen LogP contribution in [0.2, 0.25) is 0 Å². The molecule has 0 aliphatic heterocycles. The van der Waals surface area contributed by atoms with Crippen molar-refractivity contribution in [2.75, 3.05) is 5.32 Å². The van der Waals surface area contributed by atoms with Gasteiger partial charge in [0.25, 0.3) is 5.91 Å². The zero-order chi connectivity index (χ0) is 10.7. The van der Waals surface area contributed by atoms with Crippen LogP contribution in [0, 0.1) is 0 Å². The quantitative estimate of drug-likeness (QED) is 0.792. The van der Waals surface area contributed by atoms with Crippen molar-refractivity contribution in [2.45, 2.75) is 0 Å². The SMILES string of the molecule is Cn1ccnc1NC(=O)c1ccccn1. The van der Waals surface area contributed by atoms with Crippen molar-refractivity contribution in [3.05, 3.63) is 42.5 Å². The van der Waals surface area contributed by atoms with E-state index in [2.05, 4.69) is 15.3 Å². The minimum absolute atomic E-state index is 0.259. The van der Waals surface area contributed by atoms with Crippen molar-refractivity contribution >= 4 is 11.9 Å². The highest BCUT2D eigenvalue weighted by atomic mass is 16.2. The number of carbonyl (C=O) groups excluding carboxylic acids is 1. The van der Waals surface area contributed by atoms with Crippen LogP contribution in [0.3, 0.4) is 0 Å². The molecule has 2 aromatic heterocycles. The molecule has 0 atom stereocenters. The van der Waals surface area contributed by atoms with Gasteiger partial charge in [0.15, 0.2) is 0 Å². The fraction of sp³-hybridized carbons (Fsp3) is 0.100. The van der Waals surface area contributed by atoms with Gasteiger partial charge >= 0.3 is 0 Å². The largest absolute Gasteiger partial charge is 0.320 e. The Morgan fingerprint density at radius 1 is 1.33 bits per heavy atom. The lowest BCUT2D eigenvalue weighted by Gasteiger charge is -2.03. The molecule has 0 aromatic carbocycles. The topological polar surface area (TPSA) is 59.8 Å². The molecule has 0 unspecified atom stereocenters. The number of amides is 1. The van der Waals surface area contributed by atoms with E-state index in [4.69, 9.17) is 0 Å². The molecular weight excluding hydrogens is 192 g/mol. The second kappa shape index (κ2) is 3.91. The van der Waals surface area contributed by atoms with Gasteiger partial charge in [0, 0.05) is 25.6 Å². The van der Waals surface area contributed by atoms with Gasteiger partial charge < -0.3 is 4.57 Å². The predicted molar refractivity (Wildman–Crippen MR) is 55.4 cm³/mol. The molecule has 0 aliphatic rings. The molecule has 0 radical (unpaired) electrons. The van der Waals surface area contributed by atoms with E-state index >= 15 is 0 Å². The van der Waals surface area contributed by atoms with Crippen LogP contribution in [0.1, 0.15) is 10.5 Å². The van der Waals surface area contributed by atoms with E-state index in [-0.39, 0.29) is 5.91 Å². The highest BCUT2D eigenvalue weighted by Gasteiger charge is 2.08. The van der Waals surface area contributed by atoms with Gasteiger partial charge in [0.1, 0.15) is 5.69 Å². The number of nitrogens with one attached hydrogen (secondary N) is 1. The fourth-order valence-electron chi connectivity index (χ4n) is 1.15. The Kier molecular flexibility index (Phi) is 2.45. The Morgan fingerprint density at radius 2 is 2.20 bits per heavy atom. The van der Waals surface area contributed by atoms with Crippen molar-refractivity contribution in [1.29, 1.82) is 0 Å². The van der Waals surface area contributed by atoms with Crippen LogP contribution < -0.4 is 5.32 Å². The van der Waals surface area contributed by atoms with Crippen molar-refractivity contribution in [1.82, 2.24) is 14.5 Å². The summed E-state index contributed by atoms with van der Waals surface area (Å²) in [6, 6.07) is 5.18. The summed E-state index contributed by atoms with van der Waals surface area (Å²) >= 11 is 0. The van der Waals surface area contributed by atoms with Crippen molar-refractivity contribution in [3.63, 3.8) is 0 Å². The second-order valence-corrected chi connectivity index (χ2v) is 3.03. The minimum atomic E-state index is -0.259. The average molecular weight is 202 g/mol. The molecule has 0 aliphatic carbocycles. The van der Waals surface area contributed by atoms with Gasteiger partial charge in [0.2, 0.25) is 5.95 Å². The number of hydrogen-bond donors (Lipinski definition) is 1. The van der Waals surface area contributed by atoms with Crippen molar-refractivity contribution in [2.24, 2.45) is 7.05 Å². The highest BCUT2D eigenvalue weighted by Crippen LogP contribution is 2.03. The molecule has 0 bridgehead atoms. The molecule has 76 valence electrons. The van der Waals surface area contributed by atoms with Crippen LogP contribution >= 0.6 is 0 Å². The molecule has 2 rings (SSSR count). The average Bonchev–Trinajstić information content (AvgIpc) is 2.66. The first-order valence-electron chi connectivity index (χ1n) is 4.47. The number of anilines is 1. The van der Waals surface area contributed by atoms with Gasteiger partial charge in [-0.25, -0.2) is 4.98 Å². The van der Waals surface area contributed by atoms with E-state index in [0.717, 1.165) is 0 Å². The summed E-state index contributed by atoms with van der Waals surface area (Å²) in [5, 5.41) is 2.66. The maximum absolute atomic E-state index is 11.6. The van der Waals surface area contributed by atoms with Gasteiger partial charge in [-0.1, -0.05) is 6.07 Å². The standard InChI is InChI=1S/C10H10N4O/c1-14-7-6-12-10(14)13-9(15)8-4-2-3-5-11-8/h2-7H,1H3,(H,12,13,15). The van der Waals surface area contributed by atoms with E-state index in [1.807, 2.05) is 0 Å². The first-order valence-corrected chi connectivity index (χ1v) is 4.47. The van der Waals surface area contributed by atoms with Crippen LogP contribution in [0.5, 0.6) is 0 Å². The predicted octanol–water partition coefficient (Wildman–Crippen LogP) is 1.07. The number of nitrogens with zero attached hydrogens (tertiary/aromatic N) is 3. The minimum Gasteiger partial charge on any atom is -0.320 e. The van der Waals surface area contributed by atoms with Gasteiger partial charge in [-0.3, -0.25) is 15.1 Å². The fourth-order valence-corrected chi connectivity index (χ4v) is 1.15. The summed E-state index contributed by atoms with van der Waals surface area (Å²) < 4.78 is 1.72. The molecule has 2 heterocycles. The molecule has 0 fully saturated rings. The van der Waals surface area contributed by atoms with E-state index in [0.29, 0.717) is 11.6 Å². The number of rotatable bonds is 2. The second-order valence-electron chi connectivity index (χ2n) is 3.03. The lowest BCUT2D eigenvalue weighted by molar-refractivity contribution is 0.102. The maximum Gasteiger partial charge on any atom is 0.276 e. The summed E-state index contributed by atoms with van der Waals surface area (Å²) in [5.41, 5.74) is 0.375. The third-order valence-corrected chi connectivity index (χ3v) is 1.94. The number of pyridine rings is 1. The molecule has 0 spiro atoms.